The molecule has 0 radical (unpaired) electrons. The molecule has 0 bridgehead atoms. The van der Waals surface area contributed by atoms with Crippen LogP contribution in [0.1, 0.15) is 34.5 Å². The van der Waals surface area contributed by atoms with Crippen LogP contribution in [0.4, 0.5) is 0 Å². The van der Waals surface area contributed by atoms with E-state index in [-0.39, 0.29) is 11.9 Å². The number of carboxylic acids is 1. The highest BCUT2D eigenvalue weighted by molar-refractivity contribution is 7.10. The van der Waals surface area contributed by atoms with Crippen molar-refractivity contribution in [1.29, 1.82) is 0 Å². The minimum atomic E-state index is -0.918. The summed E-state index contributed by atoms with van der Waals surface area (Å²) >= 11 is 1.40. The molecule has 98 valence electrons. The number of aromatic carboxylic acids is 1. The molecule has 1 saturated heterocycles. The van der Waals surface area contributed by atoms with Crippen LogP contribution < -0.4 is 10.6 Å². The molecule has 0 unspecified atom stereocenters. The Morgan fingerprint density at radius 2 is 2.39 bits per heavy atom. The molecule has 0 aliphatic carbocycles. The molecule has 0 aromatic carbocycles. The van der Waals surface area contributed by atoms with Gasteiger partial charge in [-0.1, -0.05) is 0 Å². The Morgan fingerprint density at radius 3 is 3.17 bits per heavy atom. The van der Waals surface area contributed by atoms with Crippen molar-refractivity contribution in [3.8, 4) is 0 Å². The van der Waals surface area contributed by atoms with Crippen LogP contribution in [0, 0.1) is 0 Å². The number of carbonyl (C=O) groups is 2. The van der Waals surface area contributed by atoms with Crippen LogP contribution in [0.25, 0.3) is 0 Å². The number of hydrogen-bond acceptors (Lipinski definition) is 4. The molecule has 1 aliphatic heterocycles. The Kier molecular flexibility index (Phi) is 4.33. The fourth-order valence-corrected chi connectivity index (χ4v) is 2.84. The smallest absolute Gasteiger partial charge is 0.336 e. The summed E-state index contributed by atoms with van der Waals surface area (Å²) in [6.07, 6.45) is 2.82. The lowest BCUT2D eigenvalue weighted by Crippen LogP contribution is -2.42. The Bertz CT molecular complexity index is 444. The molecule has 1 aromatic heterocycles. The number of nitrogens with one attached hydrogen (secondary N) is 2. The van der Waals surface area contributed by atoms with Crippen molar-refractivity contribution < 1.29 is 14.7 Å². The average molecular weight is 268 g/mol. The fraction of sp³-hybridized carbons (Fsp3) is 0.500. The largest absolute Gasteiger partial charge is 0.478 e. The van der Waals surface area contributed by atoms with E-state index in [1.165, 1.54) is 11.3 Å². The van der Waals surface area contributed by atoms with Crippen molar-refractivity contribution in [2.45, 2.75) is 31.8 Å². The second-order valence-electron chi connectivity index (χ2n) is 4.28. The average Bonchev–Trinajstić information content (AvgIpc) is 2.71. The lowest BCUT2D eigenvalue weighted by Gasteiger charge is -2.14. The normalized spacial score (nSPS) is 20.2. The van der Waals surface area contributed by atoms with Gasteiger partial charge in [-0.25, -0.2) is 4.79 Å². The van der Waals surface area contributed by atoms with E-state index < -0.39 is 5.97 Å². The molecule has 6 heteroatoms. The Hall–Kier alpha value is -1.40. The Balaban J connectivity index is 1.95. The topological polar surface area (TPSA) is 78.4 Å². The van der Waals surface area contributed by atoms with E-state index in [1.54, 1.807) is 11.4 Å². The molecule has 1 atom stereocenters. The van der Waals surface area contributed by atoms with Gasteiger partial charge in [0.05, 0.1) is 11.6 Å². The van der Waals surface area contributed by atoms with Gasteiger partial charge in [0.2, 0.25) is 5.91 Å². The Labute approximate surface area is 109 Å². The van der Waals surface area contributed by atoms with E-state index >= 15 is 0 Å². The summed E-state index contributed by atoms with van der Waals surface area (Å²) in [5, 5.41) is 16.7. The van der Waals surface area contributed by atoms with Gasteiger partial charge in [0.25, 0.3) is 0 Å². The molecular formula is C12H16N2O3S. The number of thiophene rings is 1. The van der Waals surface area contributed by atoms with Crippen molar-refractivity contribution in [1.82, 2.24) is 10.6 Å². The van der Waals surface area contributed by atoms with Crippen LogP contribution in [0.2, 0.25) is 0 Å². The van der Waals surface area contributed by atoms with Crippen molar-refractivity contribution in [2.24, 2.45) is 0 Å². The number of hydrogen-bond donors (Lipinski definition) is 3. The SMILES string of the molecule is O=C(O)c1ccsc1CN[C@H]1CCCCNC1=O. The predicted octanol–water partition coefficient (Wildman–Crippen LogP) is 1.20. The lowest BCUT2D eigenvalue weighted by molar-refractivity contribution is -0.122. The van der Waals surface area contributed by atoms with Crippen LogP contribution in [0.15, 0.2) is 11.4 Å². The lowest BCUT2D eigenvalue weighted by atomic mass is 10.1. The summed E-state index contributed by atoms with van der Waals surface area (Å²) in [6.45, 7) is 1.16. The number of rotatable bonds is 4. The molecule has 2 rings (SSSR count). The highest BCUT2D eigenvalue weighted by Crippen LogP contribution is 2.17. The molecule has 18 heavy (non-hydrogen) atoms. The minimum absolute atomic E-state index is 0.0148. The number of amides is 1. The first kappa shape index (κ1) is 13.0. The van der Waals surface area contributed by atoms with Gasteiger partial charge >= 0.3 is 5.97 Å². The van der Waals surface area contributed by atoms with Crippen LogP contribution in [-0.2, 0) is 11.3 Å². The van der Waals surface area contributed by atoms with E-state index in [0.29, 0.717) is 12.1 Å². The van der Waals surface area contributed by atoms with E-state index in [0.717, 1.165) is 30.7 Å². The van der Waals surface area contributed by atoms with Gasteiger partial charge in [-0.3, -0.25) is 4.79 Å². The van der Waals surface area contributed by atoms with Crippen LogP contribution in [-0.4, -0.2) is 29.6 Å². The predicted molar refractivity (Wildman–Crippen MR) is 68.8 cm³/mol. The van der Waals surface area contributed by atoms with E-state index in [9.17, 15) is 9.59 Å². The van der Waals surface area contributed by atoms with Crippen LogP contribution in [0.3, 0.4) is 0 Å². The second-order valence-corrected chi connectivity index (χ2v) is 5.28. The third kappa shape index (κ3) is 3.08. The molecule has 2 heterocycles. The van der Waals surface area contributed by atoms with E-state index in [1.807, 2.05) is 0 Å². The molecule has 5 nitrogen and oxygen atoms in total. The zero-order valence-electron chi connectivity index (χ0n) is 9.94. The first-order chi connectivity index (χ1) is 8.68. The highest BCUT2D eigenvalue weighted by atomic mass is 32.1. The molecule has 0 saturated carbocycles. The van der Waals surface area contributed by atoms with Crippen LogP contribution >= 0.6 is 11.3 Å². The van der Waals surface area contributed by atoms with Crippen LogP contribution in [0.5, 0.6) is 0 Å². The van der Waals surface area contributed by atoms with Gasteiger partial charge in [-0.15, -0.1) is 11.3 Å². The molecule has 3 N–H and O–H groups in total. The third-order valence-electron chi connectivity index (χ3n) is 3.02. The van der Waals surface area contributed by atoms with Crippen molar-refractivity contribution in [3.63, 3.8) is 0 Å². The summed E-state index contributed by atoms with van der Waals surface area (Å²) in [5.74, 6) is -0.903. The molecule has 1 fully saturated rings. The molecule has 0 spiro atoms. The van der Waals surface area contributed by atoms with Gasteiger partial charge in [0.15, 0.2) is 0 Å². The monoisotopic (exact) mass is 268 g/mol. The summed E-state index contributed by atoms with van der Waals surface area (Å²) < 4.78 is 0. The fourth-order valence-electron chi connectivity index (χ4n) is 2.02. The Morgan fingerprint density at radius 1 is 1.56 bits per heavy atom. The van der Waals surface area contributed by atoms with Gasteiger partial charge < -0.3 is 15.7 Å². The number of carbonyl (C=O) groups excluding carboxylic acids is 1. The van der Waals surface area contributed by atoms with Crippen molar-refractivity contribution in [2.75, 3.05) is 6.54 Å². The van der Waals surface area contributed by atoms with Gasteiger partial charge in [0, 0.05) is 18.0 Å². The van der Waals surface area contributed by atoms with Gasteiger partial charge in [-0.2, -0.15) is 0 Å². The summed E-state index contributed by atoms with van der Waals surface area (Å²) in [4.78, 5) is 23.4. The minimum Gasteiger partial charge on any atom is -0.478 e. The quantitative estimate of drug-likeness (QED) is 0.767. The molecule has 1 amide bonds. The maximum Gasteiger partial charge on any atom is 0.336 e. The van der Waals surface area contributed by atoms with E-state index in [4.69, 9.17) is 5.11 Å². The highest BCUT2D eigenvalue weighted by Gasteiger charge is 2.21. The first-order valence-electron chi connectivity index (χ1n) is 5.99. The summed E-state index contributed by atoms with van der Waals surface area (Å²) in [7, 11) is 0. The summed E-state index contributed by atoms with van der Waals surface area (Å²) in [6, 6.07) is 1.38. The van der Waals surface area contributed by atoms with Gasteiger partial charge in [-0.05, 0) is 30.7 Å². The summed E-state index contributed by atoms with van der Waals surface area (Å²) in [5.41, 5.74) is 0.321. The first-order valence-corrected chi connectivity index (χ1v) is 6.87. The standard InChI is InChI=1S/C12H16N2O3S/c15-11-9(3-1-2-5-13-11)14-7-10-8(12(16)17)4-6-18-10/h4,6,9,14H,1-3,5,7H2,(H,13,15)(H,16,17)/t9-/m0/s1. The maximum atomic E-state index is 11.7. The zero-order valence-corrected chi connectivity index (χ0v) is 10.8. The molecule has 1 aliphatic rings. The zero-order chi connectivity index (χ0) is 13.0. The maximum absolute atomic E-state index is 11.7. The molecule has 1 aromatic rings. The molecular weight excluding hydrogens is 252 g/mol. The van der Waals surface area contributed by atoms with E-state index in [2.05, 4.69) is 10.6 Å². The van der Waals surface area contributed by atoms with Crippen molar-refractivity contribution in [3.05, 3.63) is 21.9 Å². The third-order valence-corrected chi connectivity index (χ3v) is 3.94. The second kappa shape index (κ2) is 5.97. The van der Waals surface area contributed by atoms with Gasteiger partial charge in [0.1, 0.15) is 0 Å². The van der Waals surface area contributed by atoms with Crippen molar-refractivity contribution >= 4 is 23.2 Å². The number of carboxylic acid groups (broad SMARTS) is 1.